The Morgan fingerprint density at radius 2 is 1.77 bits per heavy atom. The number of carbonyl (C=O) groups is 2. The van der Waals surface area contributed by atoms with E-state index in [1.54, 1.807) is 12.1 Å². The molecule has 3 heterocycles. The quantitative estimate of drug-likeness (QED) is 0.252. The minimum Gasteiger partial charge on any atom is -0.492 e. The molecule has 0 radical (unpaired) electrons. The molecule has 0 spiro atoms. The van der Waals surface area contributed by atoms with Crippen LogP contribution in [0.1, 0.15) is 25.3 Å². The lowest BCUT2D eigenvalue weighted by atomic mass is 10.1. The number of rotatable bonds is 9. The number of anilines is 2. The van der Waals surface area contributed by atoms with E-state index in [4.69, 9.17) is 9.72 Å². The Bertz CT molecular complexity index is 1560. The summed E-state index contributed by atoms with van der Waals surface area (Å²) in [5, 5.41) is 12.1. The van der Waals surface area contributed by atoms with E-state index < -0.39 is 12.1 Å². The number of nitrogens with one attached hydrogen (secondary N) is 2. The first-order valence-corrected chi connectivity index (χ1v) is 15.1. The highest BCUT2D eigenvalue weighted by Gasteiger charge is 2.34. The van der Waals surface area contributed by atoms with Crippen LogP contribution in [0.25, 0.3) is 22.4 Å². The van der Waals surface area contributed by atoms with Gasteiger partial charge in [0.05, 0.1) is 11.2 Å². The number of carbonyl (C=O) groups excluding carboxylic acids is 1. The van der Waals surface area contributed by atoms with Crippen LogP contribution in [0, 0.1) is 0 Å². The molecule has 1 atom stereocenters. The molecule has 2 fully saturated rings. The number of carboxylic acid groups (broad SMARTS) is 1. The van der Waals surface area contributed by atoms with Gasteiger partial charge in [0.2, 0.25) is 5.91 Å². The fourth-order valence-corrected chi connectivity index (χ4v) is 5.94. The van der Waals surface area contributed by atoms with Gasteiger partial charge in [-0.25, -0.2) is 9.78 Å². The van der Waals surface area contributed by atoms with Crippen molar-refractivity contribution in [3.8, 4) is 17.1 Å². The van der Waals surface area contributed by atoms with E-state index in [9.17, 15) is 14.7 Å². The maximum Gasteiger partial charge on any atom is 0.407 e. The fourth-order valence-electron chi connectivity index (χ4n) is 5.94. The Hall–Kier alpha value is -4.57. The van der Waals surface area contributed by atoms with Crippen molar-refractivity contribution in [2.24, 2.45) is 0 Å². The van der Waals surface area contributed by atoms with Crippen molar-refractivity contribution in [3.63, 3.8) is 0 Å². The second-order valence-corrected chi connectivity index (χ2v) is 11.1. The van der Waals surface area contributed by atoms with Gasteiger partial charge in [0.25, 0.3) is 0 Å². The molecule has 6 rings (SSSR count). The molecule has 0 saturated carbocycles. The molecule has 0 bridgehead atoms. The Morgan fingerprint density at radius 1 is 1.00 bits per heavy atom. The second-order valence-electron chi connectivity index (χ2n) is 11.1. The summed E-state index contributed by atoms with van der Waals surface area (Å²) in [5.74, 6) is 1.34. The molecule has 2 aliphatic heterocycles. The lowest BCUT2D eigenvalue weighted by molar-refractivity contribution is -0.119. The molecule has 2 aliphatic rings. The zero-order valence-electron chi connectivity index (χ0n) is 24.5. The maximum atomic E-state index is 12.6. The van der Waals surface area contributed by atoms with Gasteiger partial charge in [-0.2, -0.15) is 0 Å². The number of aromatic amines is 1. The van der Waals surface area contributed by atoms with Crippen molar-refractivity contribution in [3.05, 3.63) is 72.3 Å². The average Bonchev–Trinajstić information content (AvgIpc) is 3.71. The standard InChI is InChI=1S/C33H38N6O4/c1-2-23-8-10-24(11-9-23)31-35-27-5-3-6-28(30(27)36-31)38-19-17-37(18-20-38)21-22-43-26-14-12-25(13-15-26)34-32(40)29-7-4-16-39(29)33(41)42/h3,5-6,8-15,29H,2,4,7,16-22H2,1H3,(H,34,40)(H,35,36)(H,41,42)/t29-/m0/s1. The molecule has 2 saturated heterocycles. The van der Waals surface area contributed by atoms with Crippen LogP contribution < -0.4 is 15.0 Å². The molecule has 0 unspecified atom stereocenters. The van der Waals surface area contributed by atoms with E-state index in [1.807, 2.05) is 12.1 Å². The summed E-state index contributed by atoms with van der Waals surface area (Å²) >= 11 is 0. The average molecular weight is 583 g/mol. The van der Waals surface area contributed by atoms with E-state index in [2.05, 4.69) is 69.5 Å². The summed E-state index contributed by atoms with van der Waals surface area (Å²) in [6, 6.07) is 21.5. The van der Waals surface area contributed by atoms with Crippen LogP contribution in [-0.4, -0.2) is 88.8 Å². The third-order valence-corrected chi connectivity index (χ3v) is 8.44. The summed E-state index contributed by atoms with van der Waals surface area (Å²) < 4.78 is 5.98. The van der Waals surface area contributed by atoms with Crippen LogP contribution >= 0.6 is 0 Å². The maximum absolute atomic E-state index is 12.6. The van der Waals surface area contributed by atoms with Gasteiger partial charge in [-0.3, -0.25) is 14.6 Å². The van der Waals surface area contributed by atoms with E-state index in [-0.39, 0.29) is 5.91 Å². The number of fused-ring (bicyclic) bond motifs is 1. The van der Waals surface area contributed by atoms with Crippen LogP contribution in [-0.2, 0) is 11.2 Å². The van der Waals surface area contributed by atoms with Crippen molar-refractivity contribution in [1.82, 2.24) is 19.8 Å². The first kappa shape index (κ1) is 28.5. The van der Waals surface area contributed by atoms with E-state index in [0.717, 1.165) is 73.0 Å². The molecule has 10 nitrogen and oxygen atoms in total. The third-order valence-electron chi connectivity index (χ3n) is 8.44. The number of H-pyrrole nitrogens is 1. The number of piperazine rings is 1. The van der Waals surface area contributed by atoms with Crippen LogP contribution in [0.4, 0.5) is 16.2 Å². The van der Waals surface area contributed by atoms with Crippen molar-refractivity contribution in [2.75, 3.05) is 56.1 Å². The topological polar surface area (TPSA) is 114 Å². The highest BCUT2D eigenvalue weighted by molar-refractivity contribution is 5.96. The fraction of sp³-hybridized carbons (Fsp3) is 0.364. The smallest absolute Gasteiger partial charge is 0.407 e. The zero-order valence-corrected chi connectivity index (χ0v) is 24.5. The first-order valence-electron chi connectivity index (χ1n) is 15.1. The lowest BCUT2D eigenvalue weighted by Crippen LogP contribution is -2.47. The number of benzene rings is 3. The summed E-state index contributed by atoms with van der Waals surface area (Å²) in [6.45, 7) is 7.66. The van der Waals surface area contributed by atoms with Crippen molar-refractivity contribution >= 4 is 34.4 Å². The summed E-state index contributed by atoms with van der Waals surface area (Å²) in [6.07, 6.45) is 1.21. The number of aryl methyl sites for hydroxylation is 1. The number of imidazole rings is 1. The first-order chi connectivity index (χ1) is 21.0. The van der Waals surface area contributed by atoms with Gasteiger partial charge >= 0.3 is 6.09 Å². The number of para-hydroxylation sites is 1. The molecule has 2 amide bonds. The minimum atomic E-state index is -1.05. The van der Waals surface area contributed by atoms with Crippen LogP contribution in [0.15, 0.2) is 66.7 Å². The minimum absolute atomic E-state index is 0.293. The van der Waals surface area contributed by atoms with Gasteiger partial charge in [-0.1, -0.05) is 37.3 Å². The second kappa shape index (κ2) is 12.7. The molecule has 3 aromatic carbocycles. The SMILES string of the molecule is CCc1ccc(-c2nc3c(N4CCN(CCOc5ccc(NC(=O)[C@@H]6CCCN6C(=O)O)cc5)CC4)cccc3[nH]2)cc1. The lowest BCUT2D eigenvalue weighted by Gasteiger charge is -2.36. The van der Waals surface area contributed by atoms with Gasteiger partial charge in [0, 0.05) is 50.5 Å². The molecular weight excluding hydrogens is 544 g/mol. The van der Waals surface area contributed by atoms with Gasteiger partial charge in [0.1, 0.15) is 29.7 Å². The van der Waals surface area contributed by atoms with Gasteiger partial charge in [0.15, 0.2) is 0 Å². The number of amides is 2. The number of nitrogens with zero attached hydrogens (tertiary/aromatic N) is 4. The van der Waals surface area contributed by atoms with Gasteiger partial charge in [-0.05, 0) is 61.2 Å². The van der Waals surface area contributed by atoms with E-state index in [0.29, 0.717) is 31.7 Å². The Morgan fingerprint density at radius 3 is 2.49 bits per heavy atom. The molecule has 4 aromatic rings. The zero-order chi connectivity index (χ0) is 29.8. The highest BCUT2D eigenvalue weighted by Crippen LogP contribution is 2.29. The van der Waals surface area contributed by atoms with Crippen molar-refractivity contribution in [1.29, 1.82) is 0 Å². The van der Waals surface area contributed by atoms with Crippen LogP contribution in [0.5, 0.6) is 5.75 Å². The molecule has 1 aromatic heterocycles. The molecule has 224 valence electrons. The molecular formula is C33H38N6O4. The molecule has 43 heavy (non-hydrogen) atoms. The predicted octanol–water partition coefficient (Wildman–Crippen LogP) is 5.07. The summed E-state index contributed by atoms with van der Waals surface area (Å²) in [4.78, 5) is 38.4. The van der Waals surface area contributed by atoms with E-state index >= 15 is 0 Å². The Labute approximate surface area is 251 Å². The Kier molecular flexibility index (Phi) is 8.46. The van der Waals surface area contributed by atoms with Gasteiger partial charge in [-0.15, -0.1) is 0 Å². The number of likely N-dealkylation sites (tertiary alicyclic amines) is 1. The Balaban J connectivity index is 0.978. The predicted molar refractivity (Wildman–Crippen MR) is 168 cm³/mol. The largest absolute Gasteiger partial charge is 0.492 e. The van der Waals surface area contributed by atoms with E-state index in [1.165, 1.54) is 10.5 Å². The van der Waals surface area contributed by atoms with Crippen molar-refractivity contribution in [2.45, 2.75) is 32.2 Å². The molecule has 10 heteroatoms. The number of hydrogen-bond acceptors (Lipinski definition) is 6. The van der Waals surface area contributed by atoms with Gasteiger partial charge < -0.3 is 25.0 Å². The summed E-state index contributed by atoms with van der Waals surface area (Å²) in [7, 11) is 0. The molecule has 0 aliphatic carbocycles. The normalized spacial score (nSPS) is 17.4. The highest BCUT2D eigenvalue weighted by atomic mass is 16.5. The van der Waals surface area contributed by atoms with Crippen LogP contribution in [0.2, 0.25) is 0 Å². The van der Waals surface area contributed by atoms with Crippen molar-refractivity contribution < 1.29 is 19.4 Å². The number of ether oxygens (including phenoxy) is 1. The summed E-state index contributed by atoms with van der Waals surface area (Å²) in [5.41, 5.74) is 6.26. The number of aromatic nitrogens is 2. The monoisotopic (exact) mass is 582 g/mol. The third kappa shape index (κ3) is 6.44. The molecule has 3 N–H and O–H groups in total. The number of hydrogen-bond donors (Lipinski definition) is 3. The van der Waals surface area contributed by atoms with Crippen LogP contribution in [0.3, 0.4) is 0 Å².